The van der Waals surface area contributed by atoms with Gasteiger partial charge in [-0.15, -0.1) is 0 Å². The molecule has 2 aromatic carbocycles. The van der Waals surface area contributed by atoms with Gasteiger partial charge in [-0.1, -0.05) is 24.3 Å². The summed E-state index contributed by atoms with van der Waals surface area (Å²) < 4.78 is 34.0. The lowest BCUT2D eigenvalue weighted by Gasteiger charge is -2.16. The molecule has 154 valence electrons. The zero-order valence-electron chi connectivity index (χ0n) is 16.0. The monoisotopic (exact) mass is 392 g/mol. The van der Waals surface area contributed by atoms with E-state index in [4.69, 9.17) is 28.4 Å². The molecule has 2 aromatic rings. The number of hydrogen-bond acceptors (Lipinski definition) is 7. The van der Waals surface area contributed by atoms with Gasteiger partial charge in [0.15, 0.2) is 0 Å². The molecule has 0 bridgehead atoms. The lowest BCUT2D eigenvalue weighted by molar-refractivity contribution is -0.0672. The van der Waals surface area contributed by atoms with Crippen molar-refractivity contribution in [3.8, 4) is 11.5 Å². The molecule has 0 fully saturated rings. The van der Waals surface area contributed by atoms with Gasteiger partial charge in [-0.05, 0) is 17.5 Å². The Balaban J connectivity index is 1.64. The maximum Gasteiger partial charge on any atom is 0.130 e. The van der Waals surface area contributed by atoms with Crippen molar-refractivity contribution in [3.63, 3.8) is 0 Å². The molecule has 28 heavy (non-hydrogen) atoms. The summed E-state index contributed by atoms with van der Waals surface area (Å²) in [6.45, 7) is 3.66. The van der Waals surface area contributed by atoms with Crippen molar-refractivity contribution in [1.82, 2.24) is 0 Å². The summed E-state index contributed by atoms with van der Waals surface area (Å²) in [6.07, 6.45) is -0.364. The number of hydrogen-bond donors (Lipinski definition) is 1. The van der Waals surface area contributed by atoms with E-state index >= 15 is 0 Å². The van der Waals surface area contributed by atoms with Crippen molar-refractivity contribution in [2.45, 2.75) is 6.10 Å². The summed E-state index contributed by atoms with van der Waals surface area (Å²) in [7, 11) is 0. The topological polar surface area (TPSA) is 75.6 Å². The Morgan fingerprint density at radius 3 is 1.93 bits per heavy atom. The first kappa shape index (κ1) is 20.8. The van der Waals surface area contributed by atoms with Crippen molar-refractivity contribution in [3.05, 3.63) is 36.4 Å². The Labute approximate surface area is 165 Å². The highest BCUT2D eigenvalue weighted by atomic mass is 16.6. The minimum atomic E-state index is -0.364. The molecule has 1 aliphatic rings. The second kappa shape index (κ2) is 11.8. The molecule has 1 aliphatic heterocycles. The molecule has 1 atom stereocenters. The van der Waals surface area contributed by atoms with Crippen LogP contribution in [0.2, 0.25) is 0 Å². The fraction of sp³-hybridized carbons (Fsp3) is 0.524. The predicted octanol–water partition coefficient (Wildman–Crippen LogP) is 2.04. The van der Waals surface area contributed by atoms with Crippen LogP contribution in [0.3, 0.4) is 0 Å². The van der Waals surface area contributed by atoms with Crippen LogP contribution in [0.25, 0.3) is 10.8 Å². The van der Waals surface area contributed by atoms with E-state index in [-0.39, 0.29) is 12.7 Å². The third-order valence-corrected chi connectivity index (χ3v) is 4.26. The summed E-state index contributed by atoms with van der Waals surface area (Å²) in [5.41, 5.74) is 0. The highest BCUT2D eigenvalue weighted by Gasteiger charge is 2.10. The van der Waals surface area contributed by atoms with Gasteiger partial charge in [-0.2, -0.15) is 0 Å². The van der Waals surface area contributed by atoms with Crippen molar-refractivity contribution >= 4 is 10.8 Å². The molecule has 1 unspecified atom stereocenters. The Kier molecular flexibility index (Phi) is 8.80. The summed E-state index contributed by atoms with van der Waals surface area (Å²) >= 11 is 0. The average molecular weight is 392 g/mol. The maximum atomic E-state index is 9.32. The lowest BCUT2D eigenvalue weighted by atomic mass is 10.1. The van der Waals surface area contributed by atoms with E-state index < -0.39 is 0 Å². The fourth-order valence-electron chi connectivity index (χ4n) is 2.90. The van der Waals surface area contributed by atoms with Crippen LogP contribution in [-0.2, 0) is 18.9 Å². The molecular weight excluding hydrogens is 364 g/mol. The van der Waals surface area contributed by atoms with Crippen LogP contribution >= 0.6 is 0 Å². The third-order valence-electron chi connectivity index (χ3n) is 4.26. The zero-order valence-corrected chi connectivity index (χ0v) is 16.0. The van der Waals surface area contributed by atoms with Gasteiger partial charge in [0.25, 0.3) is 0 Å². The van der Waals surface area contributed by atoms with E-state index in [1.165, 1.54) is 0 Å². The molecule has 7 heteroatoms. The summed E-state index contributed by atoms with van der Waals surface area (Å²) in [5.74, 6) is 1.53. The smallest absolute Gasteiger partial charge is 0.130 e. The van der Waals surface area contributed by atoms with Crippen LogP contribution in [0.5, 0.6) is 11.5 Å². The summed E-state index contributed by atoms with van der Waals surface area (Å²) in [6, 6.07) is 11.9. The van der Waals surface area contributed by atoms with Crippen LogP contribution in [-0.4, -0.2) is 77.3 Å². The van der Waals surface area contributed by atoms with Crippen molar-refractivity contribution in [2.24, 2.45) is 0 Å². The normalized spacial score (nSPS) is 21.0. The molecule has 0 radical (unpaired) electrons. The molecule has 3 rings (SSSR count). The Bertz CT molecular complexity index is 701. The fourth-order valence-corrected chi connectivity index (χ4v) is 2.90. The minimum Gasteiger partial charge on any atom is -0.490 e. The van der Waals surface area contributed by atoms with Crippen molar-refractivity contribution in [2.75, 3.05) is 66.1 Å². The van der Waals surface area contributed by atoms with Crippen LogP contribution in [0.4, 0.5) is 0 Å². The second-order valence-corrected chi connectivity index (χ2v) is 6.28. The quantitative estimate of drug-likeness (QED) is 0.796. The number of rotatable bonds is 1. The molecule has 7 nitrogen and oxygen atoms in total. The Morgan fingerprint density at radius 2 is 1.29 bits per heavy atom. The largest absolute Gasteiger partial charge is 0.490 e. The second-order valence-electron chi connectivity index (χ2n) is 6.28. The van der Waals surface area contributed by atoms with Crippen molar-refractivity contribution in [1.29, 1.82) is 0 Å². The third kappa shape index (κ3) is 6.32. The van der Waals surface area contributed by atoms with E-state index in [0.29, 0.717) is 59.5 Å². The predicted molar refractivity (Wildman–Crippen MR) is 104 cm³/mol. The van der Waals surface area contributed by atoms with Gasteiger partial charge in [-0.3, -0.25) is 0 Å². The average Bonchev–Trinajstić information content (AvgIpc) is 2.72. The van der Waals surface area contributed by atoms with E-state index in [0.717, 1.165) is 22.3 Å². The summed E-state index contributed by atoms with van der Waals surface area (Å²) in [4.78, 5) is 0. The molecule has 0 aromatic heterocycles. The van der Waals surface area contributed by atoms with Gasteiger partial charge in [0.05, 0.1) is 58.2 Å². The molecular formula is C21H28O7. The maximum absolute atomic E-state index is 9.32. The molecule has 1 heterocycles. The number of benzene rings is 2. The molecule has 0 amide bonds. The molecule has 1 N–H and O–H groups in total. The van der Waals surface area contributed by atoms with Gasteiger partial charge in [-0.25, -0.2) is 0 Å². The highest BCUT2D eigenvalue weighted by Crippen LogP contribution is 2.34. The van der Waals surface area contributed by atoms with Gasteiger partial charge in [0.1, 0.15) is 30.8 Å². The lowest BCUT2D eigenvalue weighted by Crippen LogP contribution is -2.27. The highest BCUT2D eigenvalue weighted by molar-refractivity contribution is 5.93. The van der Waals surface area contributed by atoms with Gasteiger partial charge in [0, 0.05) is 0 Å². The standard InChI is InChI=1S/C21H28O7/c22-15-18-16-25-8-7-23-10-13-27-19-5-1-3-17-4-2-6-20(21(17)19)28-14-11-24-9-12-26-18/h1-6,18,22H,7-16H2. The van der Waals surface area contributed by atoms with Gasteiger partial charge in [0.2, 0.25) is 0 Å². The molecule has 0 spiro atoms. The number of aliphatic hydroxyl groups excluding tert-OH is 1. The first-order chi connectivity index (χ1) is 13.9. The first-order valence-electron chi connectivity index (χ1n) is 9.61. The van der Waals surface area contributed by atoms with E-state index in [9.17, 15) is 5.11 Å². The first-order valence-corrected chi connectivity index (χ1v) is 9.61. The number of ether oxygens (including phenoxy) is 6. The van der Waals surface area contributed by atoms with Crippen LogP contribution in [0.15, 0.2) is 36.4 Å². The SMILES string of the molecule is OCC1COCCOCCOc2cccc3cccc(c23)OCCOCCO1. The summed E-state index contributed by atoms with van der Waals surface area (Å²) in [5, 5.41) is 11.3. The van der Waals surface area contributed by atoms with Crippen LogP contribution < -0.4 is 9.47 Å². The van der Waals surface area contributed by atoms with Crippen LogP contribution in [0.1, 0.15) is 0 Å². The molecule has 0 saturated carbocycles. The van der Waals surface area contributed by atoms with Crippen LogP contribution in [0, 0.1) is 0 Å². The van der Waals surface area contributed by atoms with E-state index in [1.807, 2.05) is 36.4 Å². The minimum absolute atomic E-state index is 0.0972. The zero-order chi connectivity index (χ0) is 19.4. The number of aliphatic hydroxyl groups is 1. The molecule has 0 aliphatic carbocycles. The van der Waals surface area contributed by atoms with E-state index in [2.05, 4.69) is 0 Å². The molecule has 0 saturated heterocycles. The Morgan fingerprint density at radius 1 is 0.714 bits per heavy atom. The van der Waals surface area contributed by atoms with Gasteiger partial charge >= 0.3 is 0 Å². The van der Waals surface area contributed by atoms with Crippen molar-refractivity contribution < 1.29 is 33.5 Å². The van der Waals surface area contributed by atoms with Gasteiger partial charge < -0.3 is 33.5 Å². The Hall–Kier alpha value is -1.90. The van der Waals surface area contributed by atoms with E-state index in [1.54, 1.807) is 0 Å².